The van der Waals surface area contributed by atoms with Gasteiger partial charge in [-0.2, -0.15) is 4.99 Å². The summed E-state index contributed by atoms with van der Waals surface area (Å²) in [5.41, 5.74) is 4.20. The number of thioether (sulfide) groups is 1. The maximum Gasteiger partial charge on any atom is 0.283 e. The molecule has 0 spiro atoms. The zero-order chi connectivity index (χ0) is 24.4. The van der Waals surface area contributed by atoms with Crippen molar-refractivity contribution < 1.29 is 9.53 Å². The second-order valence-corrected chi connectivity index (χ2v) is 9.46. The second kappa shape index (κ2) is 9.80. The van der Waals surface area contributed by atoms with Crippen LogP contribution in [0.4, 0.5) is 0 Å². The van der Waals surface area contributed by atoms with Crippen LogP contribution in [-0.2, 0) is 11.3 Å². The van der Waals surface area contributed by atoms with Gasteiger partial charge < -0.3 is 9.30 Å². The number of aliphatic imine (C=N–C) groups is 1. The molecule has 35 heavy (non-hydrogen) atoms. The maximum absolute atomic E-state index is 12.8. The predicted octanol–water partition coefficient (Wildman–Crippen LogP) is 5.99. The van der Waals surface area contributed by atoms with Crippen molar-refractivity contribution >= 4 is 40.4 Å². The molecule has 0 saturated carbocycles. The Labute approximate surface area is 209 Å². The Hall–Kier alpha value is -3.84. The molecule has 6 nitrogen and oxygen atoms in total. The summed E-state index contributed by atoms with van der Waals surface area (Å²) in [7, 11) is 0. The number of carbonyl (C=O) groups excluding carboxylic acids is 1. The molecule has 0 unspecified atom stereocenters. The lowest BCUT2D eigenvalue weighted by Gasteiger charge is -2.27. The monoisotopic (exact) mass is 482 g/mol. The van der Waals surface area contributed by atoms with Gasteiger partial charge in [0.1, 0.15) is 18.2 Å². The Morgan fingerprint density at radius 2 is 1.83 bits per heavy atom. The number of nitrogens with zero attached hydrogens (tertiary/aromatic N) is 3. The minimum Gasteiger partial charge on any atom is -0.492 e. The summed E-state index contributed by atoms with van der Waals surface area (Å²) in [4.78, 5) is 18.8. The number of fused-ring (bicyclic) bond motifs is 1. The quantitative estimate of drug-likeness (QED) is 0.420. The van der Waals surface area contributed by atoms with Gasteiger partial charge in [-0.15, -0.1) is 0 Å². The van der Waals surface area contributed by atoms with E-state index < -0.39 is 5.91 Å². The van der Waals surface area contributed by atoms with Gasteiger partial charge in [0.15, 0.2) is 5.17 Å². The first-order chi connectivity index (χ1) is 17.0. The van der Waals surface area contributed by atoms with Gasteiger partial charge in [0.2, 0.25) is 0 Å². The molecule has 0 atom stereocenters. The molecular formula is C28H26N4O2S. The Bertz CT molecular complexity index is 1350. The zero-order valence-corrected chi connectivity index (χ0v) is 20.5. The van der Waals surface area contributed by atoms with E-state index in [1.165, 1.54) is 17.3 Å². The lowest BCUT2D eigenvalue weighted by atomic mass is 10.0. The normalized spacial score (nSPS) is 16.5. The Morgan fingerprint density at radius 3 is 2.57 bits per heavy atom. The number of rotatable bonds is 7. The Morgan fingerprint density at radius 1 is 1.06 bits per heavy atom. The highest BCUT2D eigenvalue weighted by Gasteiger charge is 2.36. The van der Waals surface area contributed by atoms with Crippen molar-refractivity contribution in [3.63, 3.8) is 0 Å². The molecule has 3 heterocycles. The number of amidine groups is 2. The minimum absolute atomic E-state index is 0.134. The van der Waals surface area contributed by atoms with E-state index in [1.807, 2.05) is 70.8 Å². The van der Waals surface area contributed by atoms with Crippen LogP contribution in [0.15, 0.2) is 88.9 Å². The Kier molecular flexibility index (Phi) is 6.42. The predicted molar refractivity (Wildman–Crippen MR) is 142 cm³/mol. The van der Waals surface area contributed by atoms with Crippen molar-refractivity contribution in [2.24, 2.45) is 4.99 Å². The molecule has 1 amide bonds. The average molecular weight is 483 g/mol. The molecule has 0 bridgehead atoms. The van der Waals surface area contributed by atoms with Crippen LogP contribution in [0.2, 0.25) is 0 Å². The van der Waals surface area contributed by atoms with E-state index in [2.05, 4.69) is 31.0 Å². The highest BCUT2D eigenvalue weighted by molar-refractivity contribution is 8.17. The molecule has 0 radical (unpaired) electrons. The van der Waals surface area contributed by atoms with Crippen molar-refractivity contribution in [1.29, 1.82) is 5.41 Å². The number of nitrogens with one attached hydrogen (secondary N) is 1. The number of hydrogen-bond donors (Lipinski definition) is 1. The summed E-state index contributed by atoms with van der Waals surface area (Å²) in [6, 6.07) is 21.9. The van der Waals surface area contributed by atoms with E-state index in [0.29, 0.717) is 24.2 Å². The number of aromatic nitrogens is 1. The average Bonchev–Trinajstić information content (AvgIpc) is 3.49. The van der Waals surface area contributed by atoms with Gasteiger partial charge in [0.05, 0.1) is 17.8 Å². The van der Waals surface area contributed by atoms with Crippen LogP contribution in [-0.4, -0.2) is 33.0 Å². The van der Waals surface area contributed by atoms with E-state index >= 15 is 0 Å². The summed E-state index contributed by atoms with van der Waals surface area (Å²) in [5, 5.41) is 11.3. The van der Waals surface area contributed by atoms with Gasteiger partial charge in [-0.25, -0.2) is 0 Å². The van der Waals surface area contributed by atoms with Gasteiger partial charge in [0, 0.05) is 17.3 Å². The Balaban J connectivity index is 1.31. The SMILES string of the molecule is CC(C)c1ccc(OCCn2cccc2/C=C2\C(=N)N3C(c4ccccc4)=CSC3=NC2=O)cc1. The van der Waals surface area contributed by atoms with Crippen LogP contribution in [0.25, 0.3) is 11.8 Å². The fourth-order valence-electron chi connectivity index (χ4n) is 4.04. The fraction of sp³-hybridized carbons (Fsp3) is 0.179. The first kappa shape index (κ1) is 22.9. The molecule has 1 aromatic heterocycles. The molecule has 2 aliphatic heterocycles. The molecule has 0 saturated heterocycles. The topological polar surface area (TPSA) is 70.7 Å². The largest absolute Gasteiger partial charge is 0.492 e. The van der Waals surface area contributed by atoms with E-state index in [0.717, 1.165) is 22.7 Å². The summed E-state index contributed by atoms with van der Waals surface area (Å²) in [6.45, 7) is 5.44. The molecule has 0 fully saturated rings. The van der Waals surface area contributed by atoms with Crippen molar-refractivity contribution in [2.75, 3.05) is 6.61 Å². The van der Waals surface area contributed by atoms with Gasteiger partial charge >= 0.3 is 0 Å². The second-order valence-electron chi connectivity index (χ2n) is 8.63. The third-order valence-corrected chi connectivity index (χ3v) is 6.81. The first-order valence-electron chi connectivity index (χ1n) is 11.5. The number of ether oxygens (including phenoxy) is 1. The van der Waals surface area contributed by atoms with Crippen LogP contribution in [0, 0.1) is 5.41 Å². The first-order valence-corrected chi connectivity index (χ1v) is 12.4. The third-order valence-electron chi connectivity index (χ3n) is 5.99. The number of amides is 1. The number of carbonyl (C=O) groups is 1. The molecule has 1 N–H and O–H groups in total. The fourth-order valence-corrected chi connectivity index (χ4v) is 4.92. The van der Waals surface area contributed by atoms with Crippen molar-refractivity contribution in [3.8, 4) is 5.75 Å². The summed E-state index contributed by atoms with van der Waals surface area (Å²) in [6.07, 6.45) is 3.69. The molecule has 3 aromatic rings. The smallest absolute Gasteiger partial charge is 0.283 e. The highest BCUT2D eigenvalue weighted by Crippen LogP contribution is 2.37. The molecule has 5 rings (SSSR count). The van der Waals surface area contributed by atoms with Gasteiger partial charge in [-0.05, 0) is 47.4 Å². The van der Waals surface area contributed by atoms with Crippen molar-refractivity contribution in [3.05, 3.63) is 101 Å². The number of hydrogen-bond acceptors (Lipinski definition) is 4. The zero-order valence-electron chi connectivity index (χ0n) is 19.6. The van der Waals surface area contributed by atoms with Gasteiger partial charge in [0.25, 0.3) is 5.91 Å². The van der Waals surface area contributed by atoms with Crippen LogP contribution >= 0.6 is 11.8 Å². The molecule has 2 aromatic carbocycles. The molecule has 176 valence electrons. The minimum atomic E-state index is -0.397. The molecule has 0 aliphatic carbocycles. The van der Waals surface area contributed by atoms with Crippen LogP contribution in [0.5, 0.6) is 5.75 Å². The van der Waals surface area contributed by atoms with Crippen LogP contribution in [0.1, 0.15) is 36.6 Å². The van der Waals surface area contributed by atoms with Crippen LogP contribution < -0.4 is 4.74 Å². The van der Waals surface area contributed by atoms with Gasteiger partial charge in [-0.1, -0.05) is 68.1 Å². The van der Waals surface area contributed by atoms with E-state index in [9.17, 15) is 4.79 Å². The molecule has 2 aliphatic rings. The van der Waals surface area contributed by atoms with Gasteiger partial charge in [-0.3, -0.25) is 15.1 Å². The number of benzene rings is 2. The van der Waals surface area contributed by atoms with Crippen molar-refractivity contribution in [2.45, 2.75) is 26.3 Å². The molecule has 7 heteroatoms. The molecular weight excluding hydrogens is 456 g/mol. The highest BCUT2D eigenvalue weighted by atomic mass is 32.2. The third kappa shape index (κ3) is 4.72. The maximum atomic E-state index is 12.8. The van der Waals surface area contributed by atoms with Crippen LogP contribution in [0.3, 0.4) is 0 Å². The van der Waals surface area contributed by atoms with E-state index in [-0.39, 0.29) is 11.4 Å². The van der Waals surface area contributed by atoms with E-state index in [4.69, 9.17) is 10.1 Å². The summed E-state index contributed by atoms with van der Waals surface area (Å²) < 4.78 is 7.95. The van der Waals surface area contributed by atoms with E-state index in [1.54, 1.807) is 11.0 Å². The summed E-state index contributed by atoms with van der Waals surface area (Å²) >= 11 is 1.36. The standard InChI is InChI=1S/C28H26N4O2S/c1-19(2)20-10-12-23(13-11-20)34-16-15-31-14-6-9-22(31)17-24-26(29)32-25(21-7-4-3-5-8-21)18-35-28(32)30-27(24)33/h3-14,17-19,29H,15-16H2,1-2H3/b24-17+,29-26?. The summed E-state index contributed by atoms with van der Waals surface area (Å²) in [5.74, 6) is 1.05. The van der Waals surface area contributed by atoms with Crippen molar-refractivity contribution in [1.82, 2.24) is 9.47 Å². The lowest BCUT2D eigenvalue weighted by molar-refractivity contribution is -0.114. The lowest BCUT2D eigenvalue weighted by Crippen LogP contribution is -2.38.